The number of hydrogen-bond donors (Lipinski definition) is 0. The van der Waals surface area contributed by atoms with Crippen molar-refractivity contribution in [1.82, 2.24) is 13.9 Å². The molecule has 12 heteroatoms. The van der Waals surface area contributed by atoms with Gasteiger partial charge in [0, 0.05) is 53.7 Å². The third-order valence-electron chi connectivity index (χ3n) is 7.00. The van der Waals surface area contributed by atoms with E-state index in [4.69, 9.17) is 14.1 Å². The van der Waals surface area contributed by atoms with E-state index in [1.807, 2.05) is 11.1 Å². The van der Waals surface area contributed by atoms with Gasteiger partial charge in [0.25, 0.3) is 5.56 Å². The van der Waals surface area contributed by atoms with E-state index in [9.17, 15) is 13.2 Å². The smallest absolute Gasteiger partial charge is 0.295 e. The fraction of sp³-hybridized carbons (Fsp3) is 0.833. The quantitative estimate of drug-likeness (QED) is 0.255. The number of nitrogens with zero attached hydrogens (tertiary/aromatic N) is 4. The third-order valence-corrected chi connectivity index (χ3v) is 12.1. The van der Waals surface area contributed by atoms with Gasteiger partial charge in [-0.1, -0.05) is 47.3 Å². The summed E-state index contributed by atoms with van der Waals surface area (Å²) in [5, 5.41) is 0.264. The molecule has 0 unspecified atom stereocenters. The molecule has 0 aliphatic carbocycles. The molecule has 0 N–H and O–H groups in total. The molecule has 1 aliphatic rings. The topological polar surface area (TPSA) is 94.0 Å². The SMILES string of the molecule is CC(C)C(C)(C)[SiH2]OCCCc1cn(COCC[Si](C)(C)C)c(=O)c(N2CCN(S(C)(=O)=O)CC2)n1. The van der Waals surface area contributed by atoms with Crippen molar-refractivity contribution in [2.45, 2.75) is 78.0 Å². The van der Waals surface area contributed by atoms with E-state index in [1.54, 1.807) is 4.57 Å². The maximum atomic E-state index is 13.3. The zero-order chi connectivity index (χ0) is 27.1. The molecule has 1 aliphatic heterocycles. The number of piperazine rings is 1. The van der Waals surface area contributed by atoms with Crippen molar-refractivity contribution in [3.63, 3.8) is 0 Å². The first-order chi connectivity index (χ1) is 16.6. The zero-order valence-corrected chi connectivity index (χ0v) is 26.9. The minimum Gasteiger partial charge on any atom is -0.423 e. The number of rotatable bonds is 14. The molecule has 2 heterocycles. The minimum atomic E-state index is -3.24. The van der Waals surface area contributed by atoms with Crippen molar-refractivity contribution in [3.8, 4) is 0 Å². The van der Waals surface area contributed by atoms with Crippen molar-refractivity contribution >= 4 is 33.7 Å². The van der Waals surface area contributed by atoms with Gasteiger partial charge in [0.05, 0.1) is 11.9 Å². The fourth-order valence-electron chi connectivity index (χ4n) is 3.63. The van der Waals surface area contributed by atoms with Crippen LogP contribution < -0.4 is 10.5 Å². The molecule has 1 fully saturated rings. The van der Waals surface area contributed by atoms with Gasteiger partial charge in [-0.05, 0) is 29.8 Å². The Balaban J connectivity index is 2.10. The molecular formula is C24H48N4O5SSi2. The molecule has 1 saturated heterocycles. The number of aromatic nitrogens is 2. The van der Waals surface area contributed by atoms with Gasteiger partial charge in [0.15, 0.2) is 15.6 Å². The standard InChI is InChI=1S/C24H48N4O5SSi2/c1-20(2)24(3,4)35-33-15-9-10-21-18-27(19-32-16-17-36(6,7)8)23(29)22(25-21)26-11-13-28(14-12-26)34(5,30)31/h18,20H,9-17,19,35H2,1-8H3. The molecule has 0 atom stereocenters. The molecule has 0 amide bonds. The maximum absolute atomic E-state index is 13.3. The highest BCUT2D eigenvalue weighted by molar-refractivity contribution is 7.88. The van der Waals surface area contributed by atoms with Crippen LogP contribution in [0.5, 0.6) is 0 Å². The number of sulfonamides is 1. The second-order valence-corrected chi connectivity index (χ2v) is 22.3. The molecule has 2 rings (SSSR count). The highest BCUT2D eigenvalue weighted by Crippen LogP contribution is 2.32. The summed E-state index contributed by atoms with van der Waals surface area (Å²) in [6, 6.07) is 1.04. The van der Waals surface area contributed by atoms with Crippen LogP contribution >= 0.6 is 0 Å². The molecule has 0 spiro atoms. The van der Waals surface area contributed by atoms with E-state index < -0.39 is 27.9 Å². The Kier molecular flexibility index (Phi) is 11.4. The van der Waals surface area contributed by atoms with E-state index in [0.29, 0.717) is 57.5 Å². The maximum Gasteiger partial charge on any atom is 0.295 e. The summed E-state index contributed by atoms with van der Waals surface area (Å²) in [5.74, 6) is 0.978. The van der Waals surface area contributed by atoms with Crippen LogP contribution in [0.1, 0.15) is 39.8 Å². The average Bonchev–Trinajstić information content (AvgIpc) is 2.76. The Hall–Kier alpha value is -1.06. The summed E-state index contributed by atoms with van der Waals surface area (Å²) in [4.78, 5) is 19.9. The first-order valence-corrected chi connectivity index (χ1v) is 19.9. The Morgan fingerprint density at radius 3 is 2.33 bits per heavy atom. The lowest BCUT2D eigenvalue weighted by Crippen LogP contribution is -2.50. The van der Waals surface area contributed by atoms with E-state index in [2.05, 4.69) is 47.3 Å². The summed E-state index contributed by atoms with van der Waals surface area (Å²) in [5.41, 5.74) is 0.638. The second-order valence-electron chi connectivity index (χ2n) is 12.1. The van der Waals surface area contributed by atoms with Crippen LogP contribution in [0.3, 0.4) is 0 Å². The molecule has 0 bridgehead atoms. The van der Waals surface area contributed by atoms with Gasteiger partial charge in [0.1, 0.15) is 6.73 Å². The van der Waals surface area contributed by atoms with Crippen LogP contribution in [0.15, 0.2) is 11.0 Å². The fourth-order valence-corrected chi connectivity index (χ4v) is 6.42. The highest BCUT2D eigenvalue weighted by Gasteiger charge is 2.26. The van der Waals surface area contributed by atoms with E-state index in [-0.39, 0.29) is 17.3 Å². The molecule has 9 nitrogen and oxygen atoms in total. The molecule has 1 aromatic heterocycles. The molecular weight excluding hydrogens is 513 g/mol. The van der Waals surface area contributed by atoms with E-state index in [1.165, 1.54) is 10.6 Å². The Bertz CT molecular complexity index is 1000. The number of aryl methyl sites for hydroxylation is 1. The Labute approximate surface area is 221 Å². The number of anilines is 1. The van der Waals surface area contributed by atoms with Gasteiger partial charge in [0.2, 0.25) is 10.0 Å². The minimum absolute atomic E-state index is 0.193. The summed E-state index contributed by atoms with van der Waals surface area (Å²) in [6.07, 6.45) is 4.58. The molecule has 0 radical (unpaired) electrons. The molecule has 1 aromatic rings. The third kappa shape index (κ3) is 10.0. The van der Waals surface area contributed by atoms with Gasteiger partial charge >= 0.3 is 0 Å². The van der Waals surface area contributed by atoms with Crippen molar-refractivity contribution in [3.05, 3.63) is 22.2 Å². The molecule has 0 saturated carbocycles. The van der Waals surface area contributed by atoms with Gasteiger partial charge in [-0.25, -0.2) is 13.4 Å². The largest absolute Gasteiger partial charge is 0.423 e. The monoisotopic (exact) mass is 560 g/mol. The Morgan fingerprint density at radius 2 is 1.78 bits per heavy atom. The van der Waals surface area contributed by atoms with E-state index in [0.717, 1.165) is 18.2 Å². The van der Waals surface area contributed by atoms with Crippen molar-refractivity contribution < 1.29 is 17.6 Å². The predicted octanol–water partition coefficient (Wildman–Crippen LogP) is 2.52. The number of hydrogen-bond acceptors (Lipinski definition) is 7. The first kappa shape index (κ1) is 31.2. The van der Waals surface area contributed by atoms with Crippen molar-refractivity contribution in [1.29, 1.82) is 0 Å². The second kappa shape index (κ2) is 13.1. The molecule has 208 valence electrons. The predicted molar refractivity (Wildman–Crippen MR) is 153 cm³/mol. The van der Waals surface area contributed by atoms with Crippen molar-refractivity contribution in [2.75, 3.05) is 50.5 Å². The number of ether oxygens (including phenoxy) is 1. The summed E-state index contributed by atoms with van der Waals surface area (Å²) >= 11 is 0. The van der Waals surface area contributed by atoms with Crippen molar-refractivity contribution in [2.24, 2.45) is 5.92 Å². The van der Waals surface area contributed by atoms with Gasteiger partial charge in [-0.2, -0.15) is 4.31 Å². The lowest BCUT2D eigenvalue weighted by molar-refractivity contribution is 0.0844. The van der Waals surface area contributed by atoms with Gasteiger partial charge in [-0.15, -0.1) is 0 Å². The lowest BCUT2D eigenvalue weighted by atomic mass is 9.99. The zero-order valence-electron chi connectivity index (χ0n) is 23.7. The van der Waals surface area contributed by atoms with Crippen LogP contribution in [0, 0.1) is 5.92 Å². The molecule has 0 aromatic carbocycles. The van der Waals surface area contributed by atoms with Crippen LogP contribution in [0.4, 0.5) is 5.82 Å². The first-order valence-electron chi connectivity index (χ1n) is 13.1. The van der Waals surface area contributed by atoms with Crippen LogP contribution in [-0.4, -0.2) is 85.8 Å². The van der Waals surface area contributed by atoms with E-state index >= 15 is 0 Å². The molecule has 36 heavy (non-hydrogen) atoms. The normalized spacial score (nSPS) is 16.5. The van der Waals surface area contributed by atoms with Crippen LogP contribution in [-0.2, 0) is 32.3 Å². The van der Waals surface area contributed by atoms with Gasteiger partial charge < -0.3 is 14.1 Å². The lowest BCUT2D eigenvalue weighted by Gasteiger charge is -2.33. The summed E-state index contributed by atoms with van der Waals surface area (Å²) in [7, 11) is -5.11. The summed E-state index contributed by atoms with van der Waals surface area (Å²) < 4.78 is 38.8. The Morgan fingerprint density at radius 1 is 1.14 bits per heavy atom. The van der Waals surface area contributed by atoms with Crippen LogP contribution in [0.2, 0.25) is 30.7 Å². The van der Waals surface area contributed by atoms with Gasteiger partial charge in [-0.3, -0.25) is 9.36 Å². The highest BCUT2D eigenvalue weighted by atomic mass is 32.2. The van der Waals surface area contributed by atoms with Crippen LogP contribution in [0.25, 0.3) is 0 Å². The summed E-state index contributed by atoms with van der Waals surface area (Å²) in [6.45, 7) is 19.0. The average molecular weight is 561 g/mol.